The molecule has 1 aromatic rings. The number of hydrogen-bond acceptors (Lipinski definition) is 4. The lowest BCUT2D eigenvalue weighted by molar-refractivity contribution is -0.0184. The van der Waals surface area contributed by atoms with Gasteiger partial charge in [-0.05, 0) is 63.3 Å². The molecule has 0 bridgehead atoms. The van der Waals surface area contributed by atoms with Gasteiger partial charge in [0, 0.05) is 56.4 Å². The van der Waals surface area contributed by atoms with Gasteiger partial charge in [-0.3, -0.25) is 0 Å². The van der Waals surface area contributed by atoms with Crippen molar-refractivity contribution in [1.82, 2.24) is 15.5 Å². The number of likely N-dealkylation sites (N-methyl/N-ethyl adjacent to an activating group) is 1. The predicted molar refractivity (Wildman–Crippen MR) is 143 cm³/mol. The van der Waals surface area contributed by atoms with Gasteiger partial charge in [-0.1, -0.05) is 55.8 Å². The third-order valence-electron chi connectivity index (χ3n) is 7.41. The first-order chi connectivity index (χ1) is 17.1. The number of benzene rings is 1. The van der Waals surface area contributed by atoms with Crippen molar-refractivity contribution < 1.29 is 14.3 Å². The summed E-state index contributed by atoms with van der Waals surface area (Å²) in [4.78, 5) is 15.3. The number of nitrogens with zero attached hydrogens (tertiary/aromatic N) is 1. The second-order valence-corrected chi connectivity index (χ2v) is 10.6. The Balaban J connectivity index is 1.61. The minimum atomic E-state index is -0.0822. The van der Waals surface area contributed by atoms with Crippen LogP contribution in [-0.2, 0) is 9.47 Å². The zero-order chi connectivity index (χ0) is 24.9. The quantitative estimate of drug-likeness (QED) is 0.331. The van der Waals surface area contributed by atoms with Crippen LogP contribution in [0.5, 0.6) is 0 Å². The van der Waals surface area contributed by atoms with Gasteiger partial charge in [0.25, 0.3) is 0 Å². The van der Waals surface area contributed by atoms with Crippen LogP contribution in [0.3, 0.4) is 0 Å². The van der Waals surface area contributed by atoms with Crippen LogP contribution in [0.25, 0.3) is 0 Å². The van der Waals surface area contributed by atoms with Gasteiger partial charge >= 0.3 is 6.03 Å². The Labute approximate surface area is 217 Å². The Morgan fingerprint density at radius 2 is 2.00 bits per heavy atom. The number of ether oxygens (including phenoxy) is 2. The molecule has 1 aliphatic carbocycles. The second-order valence-electron chi connectivity index (χ2n) is 10.2. The summed E-state index contributed by atoms with van der Waals surface area (Å²) < 4.78 is 11.9. The minimum Gasteiger partial charge on any atom is -0.382 e. The maximum Gasteiger partial charge on any atom is 0.317 e. The van der Waals surface area contributed by atoms with Crippen LogP contribution in [0.1, 0.15) is 76.4 Å². The number of urea groups is 1. The van der Waals surface area contributed by atoms with E-state index in [9.17, 15) is 4.79 Å². The maximum atomic E-state index is 13.3. The summed E-state index contributed by atoms with van der Waals surface area (Å²) in [6.45, 7) is 6.37. The first kappa shape index (κ1) is 28.2. The summed E-state index contributed by atoms with van der Waals surface area (Å²) in [6.07, 6.45) is 10.5. The molecule has 1 saturated heterocycles. The Morgan fingerprint density at radius 1 is 1.17 bits per heavy atom. The zero-order valence-electron chi connectivity index (χ0n) is 21.8. The highest BCUT2D eigenvalue weighted by molar-refractivity contribution is 6.30. The van der Waals surface area contributed by atoms with Gasteiger partial charge in [0.2, 0.25) is 0 Å². The standard InChI is InChI=1S/C28H46ClN3O3/c1-3-34-16-9-17-35-27(23-12-7-14-25(29)19-23)24-13-8-15-32(21-24)28(33)31-26(20-30-2)18-22-10-5-4-6-11-22/h7,12,14,19,22,24,26-27,30H,3-6,8-11,13,15-18,20-21H2,1-2H3,(H,31,33)/t24-,26+,27+/m1/s1. The monoisotopic (exact) mass is 507 g/mol. The Morgan fingerprint density at radius 3 is 2.74 bits per heavy atom. The van der Waals surface area contributed by atoms with Crippen LogP contribution in [0.15, 0.2) is 24.3 Å². The molecule has 1 aliphatic heterocycles. The minimum absolute atomic E-state index is 0.0620. The lowest BCUT2D eigenvalue weighted by Gasteiger charge is -2.38. The molecule has 2 fully saturated rings. The van der Waals surface area contributed by atoms with Crippen molar-refractivity contribution in [2.75, 3.05) is 46.5 Å². The molecule has 2 amide bonds. The third-order valence-corrected chi connectivity index (χ3v) is 7.64. The largest absolute Gasteiger partial charge is 0.382 e. The molecule has 0 spiro atoms. The van der Waals surface area contributed by atoms with Crippen molar-refractivity contribution in [2.45, 2.75) is 76.9 Å². The van der Waals surface area contributed by atoms with E-state index in [1.807, 2.05) is 37.1 Å². The number of carbonyl (C=O) groups is 1. The van der Waals surface area contributed by atoms with Crippen LogP contribution in [-0.4, -0.2) is 63.5 Å². The first-order valence-electron chi connectivity index (χ1n) is 13.8. The molecular weight excluding hydrogens is 462 g/mol. The van der Waals surface area contributed by atoms with E-state index in [2.05, 4.69) is 16.7 Å². The summed E-state index contributed by atoms with van der Waals surface area (Å²) in [5.41, 5.74) is 1.09. The molecule has 0 aromatic heterocycles. The van der Waals surface area contributed by atoms with Crippen molar-refractivity contribution in [3.63, 3.8) is 0 Å². The van der Waals surface area contributed by atoms with E-state index in [4.69, 9.17) is 21.1 Å². The number of rotatable bonds is 13. The molecule has 3 rings (SSSR count). The zero-order valence-corrected chi connectivity index (χ0v) is 22.5. The van der Waals surface area contributed by atoms with E-state index >= 15 is 0 Å². The third kappa shape index (κ3) is 9.56. The summed E-state index contributed by atoms with van der Waals surface area (Å²) in [6, 6.07) is 8.20. The summed E-state index contributed by atoms with van der Waals surface area (Å²) >= 11 is 6.32. The molecule has 2 aliphatic rings. The van der Waals surface area contributed by atoms with Crippen LogP contribution in [0, 0.1) is 11.8 Å². The molecular formula is C28H46ClN3O3. The van der Waals surface area contributed by atoms with Crippen molar-refractivity contribution in [2.24, 2.45) is 11.8 Å². The number of nitrogens with one attached hydrogen (secondary N) is 2. The predicted octanol–water partition coefficient (Wildman–Crippen LogP) is 5.80. The highest BCUT2D eigenvalue weighted by Crippen LogP contribution is 2.34. The maximum absolute atomic E-state index is 13.3. The number of carbonyl (C=O) groups excluding carboxylic acids is 1. The van der Waals surface area contributed by atoms with Crippen molar-refractivity contribution in [1.29, 1.82) is 0 Å². The van der Waals surface area contributed by atoms with E-state index in [1.165, 1.54) is 32.1 Å². The Kier molecular flexibility index (Phi) is 12.7. The molecule has 3 atom stereocenters. The highest BCUT2D eigenvalue weighted by Gasteiger charge is 2.32. The first-order valence-corrected chi connectivity index (χ1v) is 14.1. The lowest BCUT2D eigenvalue weighted by Crippen LogP contribution is -2.52. The molecule has 35 heavy (non-hydrogen) atoms. The van der Waals surface area contributed by atoms with Crippen molar-refractivity contribution in [3.8, 4) is 0 Å². The Hall–Kier alpha value is -1.34. The highest BCUT2D eigenvalue weighted by atomic mass is 35.5. The summed E-state index contributed by atoms with van der Waals surface area (Å²) in [7, 11) is 1.97. The molecule has 1 saturated carbocycles. The van der Waals surface area contributed by atoms with Gasteiger partial charge in [-0.2, -0.15) is 0 Å². The van der Waals surface area contributed by atoms with Crippen LogP contribution in [0.2, 0.25) is 5.02 Å². The SMILES string of the molecule is CCOCCCO[C@@H](c1cccc(Cl)c1)[C@@H]1CCCN(C(=O)N[C@H](CNC)CC2CCCCC2)C1. The van der Waals surface area contributed by atoms with Crippen LogP contribution < -0.4 is 10.6 Å². The van der Waals surface area contributed by atoms with Gasteiger partial charge in [0.1, 0.15) is 0 Å². The van der Waals surface area contributed by atoms with Crippen LogP contribution >= 0.6 is 11.6 Å². The lowest BCUT2D eigenvalue weighted by atomic mass is 9.85. The van der Waals surface area contributed by atoms with Crippen molar-refractivity contribution >= 4 is 17.6 Å². The van der Waals surface area contributed by atoms with Gasteiger partial charge in [-0.25, -0.2) is 4.79 Å². The smallest absolute Gasteiger partial charge is 0.317 e. The fourth-order valence-electron chi connectivity index (χ4n) is 5.68. The molecule has 0 unspecified atom stereocenters. The Bertz CT molecular complexity index is 744. The second kappa shape index (κ2) is 15.7. The fourth-order valence-corrected chi connectivity index (χ4v) is 5.87. The molecule has 6 nitrogen and oxygen atoms in total. The number of amides is 2. The fraction of sp³-hybridized carbons (Fsp3) is 0.750. The molecule has 7 heteroatoms. The molecule has 2 N–H and O–H groups in total. The van der Waals surface area contributed by atoms with Gasteiger partial charge in [0.05, 0.1) is 6.10 Å². The average molecular weight is 508 g/mol. The van der Waals surface area contributed by atoms with E-state index in [0.717, 1.165) is 56.9 Å². The van der Waals surface area contributed by atoms with E-state index in [-0.39, 0.29) is 24.1 Å². The summed E-state index contributed by atoms with van der Waals surface area (Å²) in [5, 5.41) is 7.35. The number of halogens is 1. The summed E-state index contributed by atoms with van der Waals surface area (Å²) in [5.74, 6) is 0.968. The topological polar surface area (TPSA) is 62.8 Å². The van der Waals surface area contributed by atoms with Crippen molar-refractivity contribution in [3.05, 3.63) is 34.9 Å². The van der Waals surface area contributed by atoms with E-state index < -0.39 is 0 Å². The van der Waals surface area contributed by atoms with E-state index in [0.29, 0.717) is 24.8 Å². The normalized spacial score (nSPS) is 21.0. The van der Waals surface area contributed by atoms with E-state index in [1.54, 1.807) is 0 Å². The van der Waals surface area contributed by atoms with Crippen LogP contribution in [0.4, 0.5) is 4.79 Å². The number of likely N-dealkylation sites (tertiary alicyclic amines) is 1. The number of piperidine rings is 1. The molecule has 0 radical (unpaired) electrons. The van der Waals surface area contributed by atoms with Gasteiger partial charge in [0.15, 0.2) is 0 Å². The molecule has 198 valence electrons. The molecule has 1 heterocycles. The molecule has 1 aromatic carbocycles. The van der Waals surface area contributed by atoms with Gasteiger partial charge < -0.3 is 25.0 Å². The average Bonchev–Trinajstić information content (AvgIpc) is 2.87. The van der Waals surface area contributed by atoms with Gasteiger partial charge in [-0.15, -0.1) is 0 Å². The number of hydrogen-bond donors (Lipinski definition) is 2.